The van der Waals surface area contributed by atoms with Gasteiger partial charge in [-0.2, -0.15) is 11.8 Å². The third kappa shape index (κ3) is 5.95. The van der Waals surface area contributed by atoms with E-state index in [1.54, 1.807) is 25.0 Å². The molecule has 1 aromatic carbocycles. The third-order valence-corrected chi connectivity index (χ3v) is 5.13. The Balaban J connectivity index is 1.90. The number of oxazole rings is 1. The van der Waals surface area contributed by atoms with E-state index >= 15 is 0 Å². The van der Waals surface area contributed by atoms with Gasteiger partial charge in [0, 0.05) is 29.3 Å². The van der Waals surface area contributed by atoms with Gasteiger partial charge in [0.15, 0.2) is 5.96 Å². The lowest BCUT2D eigenvalue weighted by atomic mass is 9.94. The summed E-state index contributed by atoms with van der Waals surface area (Å²) in [5.74, 6) is 2.23. The fourth-order valence-corrected chi connectivity index (χ4v) is 3.22. The molecule has 7 heteroatoms. The Labute approximate surface area is 165 Å². The topological polar surface area (TPSA) is 62.5 Å². The van der Waals surface area contributed by atoms with Gasteiger partial charge in [0.2, 0.25) is 5.89 Å². The molecule has 0 amide bonds. The maximum atomic E-state index is 6.10. The molecule has 0 aliphatic carbocycles. The molecule has 2 rings (SSSR count). The van der Waals surface area contributed by atoms with Crippen LogP contribution in [0, 0.1) is 0 Å². The lowest BCUT2D eigenvalue weighted by Crippen LogP contribution is -2.38. The molecule has 0 radical (unpaired) electrons. The second-order valence-corrected chi connectivity index (χ2v) is 8.43. The highest BCUT2D eigenvalue weighted by Crippen LogP contribution is 2.27. The number of nitrogens with zero attached hydrogens (tertiary/aromatic N) is 2. The molecule has 0 aliphatic heterocycles. The monoisotopic (exact) mass is 394 g/mol. The van der Waals surface area contributed by atoms with Crippen molar-refractivity contribution in [3.63, 3.8) is 0 Å². The minimum atomic E-state index is -0.0479. The van der Waals surface area contributed by atoms with Gasteiger partial charge in [-0.05, 0) is 24.0 Å². The summed E-state index contributed by atoms with van der Waals surface area (Å²) in [6.07, 6.45) is 3.88. The molecule has 2 aromatic rings. The lowest BCUT2D eigenvalue weighted by molar-refractivity contribution is 0.379. The minimum Gasteiger partial charge on any atom is -0.443 e. The van der Waals surface area contributed by atoms with Gasteiger partial charge in [0.25, 0.3) is 0 Å². The van der Waals surface area contributed by atoms with E-state index in [0.717, 1.165) is 17.3 Å². The van der Waals surface area contributed by atoms with E-state index in [2.05, 4.69) is 53.7 Å². The molecule has 5 nitrogen and oxygen atoms in total. The van der Waals surface area contributed by atoms with Crippen molar-refractivity contribution >= 4 is 29.3 Å². The van der Waals surface area contributed by atoms with Crippen molar-refractivity contribution < 1.29 is 4.42 Å². The predicted octanol–water partition coefficient (Wildman–Crippen LogP) is 4.39. The standard InChI is InChI=1S/C19H27ClN4OS/c1-19(2,3)16-11-22-17(25-16)12-24-18(21-4)23-10-15(26-5)13-7-6-8-14(20)9-13/h6-9,11,15H,10,12H2,1-5H3,(H2,21,23,24). The molecule has 1 unspecified atom stereocenters. The van der Waals surface area contributed by atoms with Crippen molar-refractivity contribution in [2.45, 2.75) is 38.0 Å². The number of rotatable bonds is 6. The van der Waals surface area contributed by atoms with E-state index in [-0.39, 0.29) is 10.7 Å². The molecule has 1 atom stereocenters. The molecule has 0 saturated heterocycles. The van der Waals surface area contributed by atoms with Gasteiger partial charge < -0.3 is 15.1 Å². The molecule has 1 aromatic heterocycles. The molecule has 26 heavy (non-hydrogen) atoms. The summed E-state index contributed by atoms with van der Waals surface area (Å²) in [5.41, 5.74) is 1.14. The van der Waals surface area contributed by atoms with Crippen molar-refractivity contribution in [3.05, 3.63) is 52.7 Å². The van der Waals surface area contributed by atoms with Crippen molar-refractivity contribution in [3.8, 4) is 0 Å². The zero-order valence-corrected chi connectivity index (χ0v) is 17.5. The first-order valence-corrected chi connectivity index (χ1v) is 10.2. The van der Waals surface area contributed by atoms with Crippen LogP contribution in [0.3, 0.4) is 0 Å². The Morgan fingerprint density at radius 3 is 2.69 bits per heavy atom. The second-order valence-electron chi connectivity index (χ2n) is 6.95. The van der Waals surface area contributed by atoms with Gasteiger partial charge in [-0.3, -0.25) is 4.99 Å². The molecule has 0 bridgehead atoms. The van der Waals surface area contributed by atoms with Gasteiger partial charge in [0.05, 0.1) is 12.7 Å². The fraction of sp³-hybridized carbons (Fsp3) is 0.474. The zero-order chi connectivity index (χ0) is 19.2. The van der Waals surface area contributed by atoms with E-state index in [1.807, 2.05) is 18.2 Å². The summed E-state index contributed by atoms with van der Waals surface area (Å²) in [5, 5.41) is 7.62. The quantitative estimate of drug-likeness (QED) is 0.561. The molecule has 1 heterocycles. The Morgan fingerprint density at radius 1 is 1.35 bits per heavy atom. The summed E-state index contributed by atoms with van der Waals surface area (Å²) in [6, 6.07) is 7.95. The van der Waals surface area contributed by atoms with Crippen LogP contribution in [-0.2, 0) is 12.0 Å². The van der Waals surface area contributed by atoms with Gasteiger partial charge in [-0.15, -0.1) is 0 Å². The smallest absolute Gasteiger partial charge is 0.213 e. The molecule has 0 saturated carbocycles. The lowest BCUT2D eigenvalue weighted by Gasteiger charge is -2.18. The molecule has 0 spiro atoms. The Morgan fingerprint density at radius 2 is 2.12 bits per heavy atom. The SMILES string of the molecule is CN=C(NCc1ncc(C(C)(C)C)o1)NCC(SC)c1cccc(Cl)c1. The summed E-state index contributed by atoms with van der Waals surface area (Å²) < 4.78 is 5.80. The first kappa shape index (κ1) is 20.6. The first-order chi connectivity index (χ1) is 12.3. The predicted molar refractivity (Wildman–Crippen MR) is 111 cm³/mol. The molecule has 0 fully saturated rings. The summed E-state index contributed by atoms with van der Waals surface area (Å²) in [6.45, 7) is 7.52. The average molecular weight is 395 g/mol. The van der Waals surface area contributed by atoms with E-state index in [1.165, 1.54) is 5.56 Å². The van der Waals surface area contributed by atoms with Crippen molar-refractivity contribution in [1.82, 2.24) is 15.6 Å². The number of halogens is 1. The van der Waals surface area contributed by atoms with Gasteiger partial charge in [-0.25, -0.2) is 4.98 Å². The first-order valence-electron chi connectivity index (χ1n) is 8.51. The van der Waals surface area contributed by atoms with Crippen LogP contribution in [0.4, 0.5) is 0 Å². The van der Waals surface area contributed by atoms with Gasteiger partial charge >= 0.3 is 0 Å². The average Bonchev–Trinajstić information content (AvgIpc) is 3.07. The van der Waals surface area contributed by atoms with E-state index < -0.39 is 0 Å². The number of aromatic nitrogens is 1. The zero-order valence-electron chi connectivity index (χ0n) is 16.0. The van der Waals surface area contributed by atoms with Crippen LogP contribution in [0.25, 0.3) is 0 Å². The second kappa shape index (κ2) is 9.33. The van der Waals surface area contributed by atoms with Crippen molar-refractivity contribution in [2.24, 2.45) is 4.99 Å². The van der Waals surface area contributed by atoms with Crippen molar-refractivity contribution in [2.75, 3.05) is 19.8 Å². The Bertz CT molecular complexity index is 739. The minimum absolute atomic E-state index is 0.0479. The number of guanidine groups is 1. The van der Waals surface area contributed by atoms with Crippen LogP contribution in [0.5, 0.6) is 0 Å². The summed E-state index contributed by atoms with van der Waals surface area (Å²) in [7, 11) is 1.75. The molecular weight excluding hydrogens is 368 g/mol. The summed E-state index contributed by atoms with van der Waals surface area (Å²) >= 11 is 7.87. The Hall–Kier alpha value is -1.66. The van der Waals surface area contributed by atoms with Crippen LogP contribution < -0.4 is 10.6 Å². The number of aliphatic imine (C=N–C) groups is 1. The van der Waals surface area contributed by atoms with Crippen LogP contribution in [0.15, 0.2) is 39.9 Å². The highest BCUT2D eigenvalue weighted by atomic mass is 35.5. The molecular formula is C19H27ClN4OS. The number of benzene rings is 1. The highest BCUT2D eigenvalue weighted by Gasteiger charge is 2.19. The number of thioether (sulfide) groups is 1. The molecule has 2 N–H and O–H groups in total. The van der Waals surface area contributed by atoms with Gasteiger partial charge in [-0.1, -0.05) is 44.5 Å². The number of nitrogens with one attached hydrogen (secondary N) is 2. The van der Waals surface area contributed by atoms with Crippen LogP contribution in [0.2, 0.25) is 5.02 Å². The van der Waals surface area contributed by atoms with E-state index in [9.17, 15) is 0 Å². The van der Waals surface area contributed by atoms with Crippen molar-refractivity contribution in [1.29, 1.82) is 0 Å². The van der Waals surface area contributed by atoms with E-state index in [0.29, 0.717) is 18.4 Å². The van der Waals surface area contributed by atoms with Crippen LogP contribution in [-0.4, -0.2) is 30.8 Å². The van der Waals surface area contributed by atoms with Gasteiger partial charge in [0.1, 0.15) is 5.76 Å². The maximum Gasteiger partial charge on any atom is 0.213 e. The van der Waals surface area contributed by atoms with Crippen LogP contribution in [0.1, 0.15) is 43.2 Å². The number of hydrogen-bond donors (Lipinski definition) is 2. The van der Waals surface area contributed by atoms with Crippen LogP contribution >= 0.6 is 23.4 Å². The fourth-order valence-electron chi connectivity index (χ4n) is 2.35. The largest absolute Gasteiger partial charge is 0.443 e. The third-order valence-electron chi connectivity index (χ3n) is 3.88. The maximum absolute atomic E-state index is 6.10. The molecule has 0 aliphatic rings. The summed E-state index contributed by atoms with van der Waals surface area (Å²) in [4.78, 5) is 8.59. The number of hydrogen-bond acceptors (Lipinski definition) is 4. The highest BCUT2D eigenvalue weighted by molar-refractivity contribution is 7.98. The normalized spacial score (nSPS) is 13.5. The molecule has 142 valence electrons. The Kier molecular flexibility index (Phi) is 7.41. The van der Waals surface area contributed by atoms with E-state index in [4.69, 9.17) is 16.0 Å².